The van der Waals surface area contributed by atoms with Crippen molar-refractivity contribution in [2.75, 3.05) is 0 Å². The first-order valence-corrected chi connectivity index (χ1v) is 3.62. The summed E-state index contributed by atoms with van der Waals surface area (Å²) in [4.78, 5) is 0. The summed E-state index contributed by atoms with van der Waals surface area (Å²) in [6.45, 7) is 0. The van der Waals surface area contributed by atoms with Crippen molar-refractivity contribution in [2.45, 2.75) is 31.7 Å². The maximum Gasteiger partial charge on any atom is 0.00674 e. The topological polar surface area (TPSA) is 26.0 Å². The van der Waals surface area contributed by atoms with Gasteiger partial charge in [0, 0.05) is 6.04 Å². The van der Waals surface area contributed by atoms with E-state index < -0.39 is 0 Å². The van der Waals surface area contributed by atoms with Gasteiger partial charge in [0.25, 0.3) is 0 Å². The lowest BCUT2D eigenvalue weighted by Crippen LogP contribution is -2.44. The molecule has 2 N–H and O–H groups in total. The average molecular weight is 111 g/mol. The molecule has 3 saturated carbocycles. The van der Waals surface area contributed by atoms with Gasteiger partial charge in [0.05, 0.1) is 0 Å². The standard InChI is InChI=1S/C7H13N/c8-7-2-1-5-3-6(7)4-5/h5-7H,1-4,8H2/t5?,6?,7-/m1/s1. The summed E-state index contributed by atoms with van der Waals surface area (Å²) in [6.07, 6.45) is 5.61. The van der Waals surface area contributed by atoms with Crippen molar-refractivity contribution in [3.05, 3.63) is 0 Å². The normalized spacial score (nSPS) is 52.9. The quantitative estimate of drug-likeness (QED) is 0.498. The molecular weight excluding hydrogens is 98.1 g/mol. The molecule has 8 heavy (non-hydrogen) atoms. The third-order valence-electron chi connectivity index (χ3n) is 2.79. The second-order valence-corrected chi connectivity index (χ2v) is 3.34. The monoisotopic (exact) mass is 111 g/mol. The Bertz CT molecular complexity index is 89.1. The molecule has 0 radical (unpaired) electrons. The van der Waals surface area contributed by atoms with Crippen LogP contribution in [0.4, 0.5) is 0 Å². The molecule has 0 aliphatic heterocycles. The average Bonchev–Trinajstić information content (AvgIpc) is 1.62. The van der Waals surface area contributed by atoms with Gasteiger partial charge in [-0.25, -0.2) is 0 Å². The molecule has 3 aliphatic carbocycles. The van der Waals surface area contributed by atoms with Crippen LogP contribution in [0.5, 0.6) is 0 Å². The van der Waals surface area contributed by atoms with E-state index in [1.54, 1.807) is 0 Å². The van der Waals surface area contributed by atoms with Gasteiger partial charge in [-0.2, -0.15) is 0 Å². The maximum absolute atomic E-state index is 5.82. The van der Waals surface area contributed by atoms with Crippen LogP contribution in [0.1, 0.15) is 25.7 Å². The molecule has 0 saturated heterocycles. The zero-order valence-corrected chi connectivity index (χ0v) is 5.14. The Kier molecular flexibility index (Phi) is 0.884. The van der Waals surface area contributed by atoms with Crippen LogP contribution in [0.25, 0.3) is 0 Å². The van der Waals surface area contributed by atoms with Gasteiger partial charge in [0.1, 0.15) is 0 Å². The highest BCUT2D eigenvalue weighted by Gasteiger charge is 2.37. The fraction of sp³-hybridized carbons (Fsp3) is 1.00. The highest BCUT2D eigenvalue weighted by Crippen LogP contribution is 2.44. The summed E-state index contributed by atoms with van der Waals surface area (Å²) in [5.41, 5.74) is 5.82. The Morgan fingerprint density at radius 2 is 1.88 bits per heavy atom. The molecule has 3 aliphatic rings. The van der Waals surface area contributed by atoms with E-state index in [9.17, 15) is 0 Å². The summed E-state index contributed by atoms with van der Waals surface area (Å²) in [6, 6.07) is 0.569. The molecule has 0 amide bonds. The van der Waals surface area contributed by atoms with Crippen molar-refractivity contribution >= 4 is 0 Å². The third kappa shape index (κ3) is 0.510. The van der Waals surface area contributed by atoms with Gasteiger partial charge in [0.2, 0.25) is 0 Å². The summed E-state index contributed by atoms with van der Waals surface area (Å²) in [5.74, 6) is 2.01. The number of hydrogen-bond donors (Lipinski definition) is 1. The van der Waals surface area contributed by atoms with E-state index in [1.165, 1.54) is 25.7 Å². The molecule has 2 bridgehead atoms. The van der Waals surface area contributed by atoms with E-state index in [0.29, 0.717) is 6.04 Å². The minimum Gasteiger partial charge on any atom is -0.327 e. The molecule has 0 aromatic rings. The summed E-state index contributed by atoms with van der Waals surface area (Å²) < 4.78 is 0. The van der Waals surface area contributed by atoms with Crippen molar-refractivity contribution in [3.63, 3.8) is 0 Å². The lowest BCUT2D eigenvalue weighted by molar-refractivity contribution is 0.0917. The fourth-order valence-corrected chi connectivity index (χ4v) is 2.04. The molecule has 3 fully saturated rings. The van der Waals surface area contributed by atoms with Gasteiger partial charge in [-0.1, -0.05) is 0 Å². The first-order valence-electron chi connectivity index (χ1n) is 3.62. The van der Waals surface area contributed by atoms with Gasteiger partial charge >= 0.3 is 0 Å². The van der Waals surface area contributed by atoms with Crippen molar-refractivity contribution in [1.29, 1.82) is 0 Å². The molecule has 0 aromatic heterocycles. The summed E-state index contributed by atoms with van der Waals surface area (Å²) in [7, 11) is 0. The van der Waals surface area contributed by atoms with Gasteiger partial charge in [0.15, 0.2) is 0 Å². The summed E-state index contributed by atoms with van der Waals surface area (Å²) >= 11 is 0. The first kappa shape index (κ1) is 4.80. The number of fused-ring (bicyclic) bond motifs is 2. The number of rotatable bonds is 0. The Labute approximate surface area is 50.3 Å². The molecular formula is C7H13N. The zero-order chi connectivity index (χ0) is 5.56. The molecule has 0 unspecified atom stereocenters. The SMILES string of the molecule is N[C@@H]1CCC2CC1C2. The minimum absolute atomic E-state index is 0.569. The number of hydrogen-bond acceptors (Lipinski definition) is 1. The van der Waals surface area contributed by atoms with Gasteiger partial charge in [-0.15, -0.1) is 0 Å². The molecule has 3 rings (SSSR count). The largest absolute Gasteiger partial charge is 0.327 e. The van der Waals surface area contributed by atoms with Gasteiger partial charge < -0.3 is 5.73 Å². The predicted molar refractivity (Wildman–Crippen MR) is 33.4 cm³/mol. The minimum atomic E-state index is 0.569. The van der Waals surface area contributed by atoms with E-state index in [-0.39, 0.29) is 0 Å². The zero-order valence-electron chi connectivity index (χ0n) is 5.14. The highest BCUT2D eigenvalue weighted by atomic mass is 14.7. The van der Waals surface area contributed by atoms with Crippen LogP contribution < -0.4 is 5.73 Å². The van der Waals surface area contributed by atoms with E-state index in [4.69, 9.17) is 5.73 Å². The molecule has 1 nitrogen and oxygen atoms in total. The second-order valence-electron chi connectivity index (χ2n) is 3.34. The van der Waals surface area contributed by atoms with Crippen LogP contribution in [-0.4, -0.2) is 6.04 Å². The van der Waals surface area contributed by atoms with E-state index in [2.05, 4.69) is 0 Å². The predicted octanol–water partition coefficient (Wildman–Crippen LogP) is 1.13. The Morgan fingerprint density at radius 3 is 2.12 bits per heavy atom. The summed E-state index contributed by atoms with van der Waals surface area (Å²) in [5, 5.41) is 0. The van der Waals surface area contributed by atoms with Crippen LogP contribution in [0.15, 0.2) is 0 Å². The van der Waals surface area contributed by atoms with Crippen LogP contribution in [0.2, 0.25) is 0 Å². The van der Waals surface area contributed by atoms with Crippen molar-refractivity contribution in [2.24, 2.45) is 17.6 Å². The Morgan fingerprint density at radius 1 is 1.12 bits per heavy atom. The lowest BCUT2D eigenvalue weighted by atomic mass is 9.63. The van der Waals surface area contributed by atoms with E-state index in [0.717, 1.165) is 11.8 Å². The Balaban J connectivity index is 2.01. The van der Waals surface area contributed by atoms with Crippen LogP contribution in [0.3, 0.4) is 0 Å². The van der Waals surface area contributed by atoms with E-state index in [1.807, 2.05) is 0 Å². The van der Waals surface area contributed by atoms with E-state index >= 15 is 0 Å². The molecule has 0 aromatic carbocycles. The molecule has 0 heterocycles. The van der Waals surface area contributed by atoms with Gasteiger partial charge in [-0.05, 0) is 37.5 Å². The Hall–Kier alpha value is -0.0400. The second kappa shape index (κ2) is 1.47. The smallest absolute Gasteiger partial charge is 0.00674 e. The molecule has 46 valence electrons. The third-order valence-corrected chi connectivity index (χ3v) is 2.79. The highest BCUT2D eigenvalue weighted by molar-refractivity contribution is 4.92. The van der Waals surface area contributed by atoms with Crippen LogP contribution >= 0.6 is 0 Å². The van der Waals surface area contributed by atoms with Crippen molar-refractivity contribution < 1.29 is 0 Å². The maximum atomic E-state index is 5.82. The molecule has 1 heteroatoms. The van der Waals surface area contributed by atoms with Crippen molar-refractivity contribution in [3.8, 4) is 0 Å². The van der Waals surface area contributed by atoms with Crippen LogP contribution in [-0.2, 0) is 0 Å². The fourth-order valence-electron chi connectivity index (χ4n) is 2.04. The van der Waals surface area contributed by atoms with Crippen LogP contribution in [0, 0.1) is 11.8 Å². The first-order chi connectivity index (χ1) is 3.86. The van der Waals surface area contributed by atoms with Crippen molar-refractivity contribution in [1.82, 2.24) is 0 Å². The number of nitrogens with two attached hydrogens (primary N) is 1. The molecule has 0 spiro atoms. The lowest BCUT2D eigenvalue weighted by Gasteiger charge is -2.45. The van der Waals surface area contributed by atoms with Gasteiger partial charge in [-0.3, -0.25) is 0 Å². The molecule has 1 atom stereocenters.